The second kappa shape index (κ2) is 8.59. The van der Waals surface area contributed by atoms with Crippen molar-refractivity contribution in [1.82, 2.24) is 9.97 Å². The van der Waals surface area contributed by atoms with Crippen LogP contribution in [0, 0.1) is 11.6 Å². The summed E-state index contributed by atoms with van der Waals surface area (Å²) in [5, 5.41) is 2.85. The maximum absolute atomic E-state index is 14.3. The maximum atomic E-state index is 14.3. The summed E-state index contributed by atoms with van der Waals surface area (Å²) < 4.78 is 34.1. The Balaban J connectivity index is 1.47. The molecule has 0 radical (unpaired) electrons. The van der Waals surface area contributed by atoms with Crippen LogP contribution in [0.3, 0.4) is 0 Å². The van der Waals surface area contributed by atoms with Gasteiger partial charge in [-0.3, -0.25) is 9.78 Å². The van der Waals surface area contributed by atoms with E-state index in [0.717, 1.165) is 37.2 Å². The van der Waals surface area contributed by atoms with Crippen LogP contribution in [0.4, 0.5) is 20.2 Å². The largest absolute Gasteiger partial charge is 0.462 e. The van der Waals surface area contributed by atoms with E-state index in [9.17, 15) is 13.6 Å². The third kappa shape index (κ3) is 4.03. The Labute approximate surface area is 188 Å². The number of benzene rings is 1. The van der Waals surface area contributed by atoms with Gasteiger partial charge >= 0.3 is 0 Å². The Morgan fingerprint density at radius 3 is 2.79 bits per heavy atom. The first-order chi connectivity index (χ1) is 16.0. The van der Waals surface area contributed by atoms with Gasteiger partial charge in [0.05, 0.1) is 28.7 Å². The van der Waals surface area contributed by atoms with Crippen molar-refractivity contribution in [2.75, 3.05) is 23.3 Å². The van der Waals surface area contributed by atoms with Crippen LogP contribution in [0.25, 0.3) is 22.2 Å². The molecule has 1 atom stereocenters. The van der Waals surface area contributed by atoms with E-state index < -0.39 is 17.5 Å². The van der Waals surface area contributed by atoms with E-state index in [1.807, 2.05) is 6.07 Å². The molecule has 1 aliphatic heterocycles. The zero-order valence-corrected chi connectivity index (χ0v) is 17.6. The smallest absolute Gasteiger partial charge is 0.274 e. The SMILES string of the molecule is N[C@H]1CCCN(c2ccncc2NC(=O)c2ccc3occ(-c4c(F)cccc4F)c3n2)C1. The van der Waals surface area contributed by atoms with Crippen LogP contribution in [-0.4, -0.2) is 35.0 Å². The summed E-state index contributed by atoms with van der Waals surface area (Å²) in [6, 6.07) is 8.54. The van der Waals surface area contributed by atoms with Gasteiger partial charge in [-0.2, -0.15) is 0 Å². The van der Waals surface area contributed by atoms with Crippen molar-refractivity contribution in [3.63, 3.8) is 0 Å². The Morgan fingerprint density at radius 1 is 1.18 bits per heavy atom. The normalized spacial score (nSPS) is 16.2. The number of aromatic nitrogens is 2. The molecule has 1 fully saturated rings. The van der Waals surface area contributed by atoms with Gasteiger partial charge in [-0.05, 0) is 43.2 Å². The number of nitrogens with two attached hydrogens (primary N) is 1. The van der Waals surface area contributed by atoms with Gasteiger partial charge in [0, 0.05) is 25.3 Å². The molecule has 7 nitrogen and oxygen atoms in total. The Kier molecular flexibility index (Phi) is 5.47. The second-order valence-corrected chi connectivity index (χ2v) is 7.98. The fraction of sp³-hybridized carbons (Fsp3) is 0.208. The summed E-state index contributed by atoms with van der Waals surface area (Å²) in [6.45, 7) is 1.51. The third-order valence-electron chi connectivity index (χ3n) is 5.73. The molecular formula is C24H21F2N5O2. The highest BCUT2D eigenvalue weighted by molar-refractivity contribution is 6.06. The van der Waals surface area contributed by atoms with Crippen molar-refractivity contribution in [3.8, 4) is 11.1 Å². The van der Waals surface area contributed by atoms with Crippen molar-refractivity contribution in [2.45, 2.75) is 18.9 Å². The van der Waals surface area contributed by atoms with Crippen LogP contribution >= 0.6 is 0 Å². The number of rotatable bonds is 4. The molecule has 9 heteroatoms. The van der Waals surface area contributed by atoms with Crippen LogP contribution in [0.2, 0.25) is 0 Å². The van der Waals surface area contributed by atoms with Gasteiger partial charge in [0.25, 0.3) is 5.91 Å². The van der Waals surface area contributed by atoms with Crippen LogP contribution in [0.5, 0.6) is 0 Å². The van der Waals surface area contributed by atoms with Gasteiger partial charge in [0.1, 0.15) is 29.1 Å². The number of amides is 1. The minimum absolute atomic E-state index is 0.0674. The quantitative estimate of drug-likeness (QED) is 0.481. The highest BCUT2D eigenvalue weighted by atomic mass is 19.1. The molecule has 4 aromatic rings. The number of hydrogen-bond donors (Lipinski definition) is 2. The van der Waals surface area contributed by atoms with Crippen molar-refractivity contribution in [2.24, 2.45) is 5.73 Å². The number of hydrogen-bond acceptors (Lipinski definition) is 6. The number of nitrogens with zero attached hydrogens (tertiary/aromatic N) is 3. The maximum Gasteiger partial charge on any atom is 0.274 e. The summed E-state index contributed by atoms with van der Waals surface area (Å²) in [5.74, 6) is -1.96. The van der Waals surface area contributed by atoms with Crippen LogP contribution in [-0.2, 0) is 0 Å². The third-order valence-corrected chi connectivity index (χ3v) is 5.73. The molecule has 0 spiro atoms. The summed E-state index contributed by atoms with van der Waals surface area (Å²) in [6.07, 6.45) is 6.40. The predicted octanol–water partition coefficient (Wildman–Crippen LogP) is 4.35. The second-order valence-electron chi connectivity index (χ2n) is 7.98. The summed E-state index contributed by atoms with van der Waals surface area (Å²) in [4.78, 5) is 23.6. The molecule has 1 aromatic carbocycles. The first-order valence-electron chi connectivity index (χ1n) is 10.6. The molecule has 0 saturated carbocycles. The van der Waals surface area contributed by atoms with Gasteiger partial charge in [-0.25, -0.2) is 13.8 Å². The average Bonchev–Trinajstić information content (AvgIpc) is 3.22. The lowest BCUT2D eigenvalue weighted by Crippen LogP contribution is -2.43. The lowest BCUT2D eigenvalue weighted by molar-refractivity contribution is 0.102. The Hall–Kier alpha value is -3.85. The van der Waals surface area contributed by atoms with E-state index in [1.54, 1.807) is 18.5 Å². The number of furan rings is 1. The molecule has 0 unspecified atom stereocenters. The van der Waals surface area contributed by atoms with Crippen molar-refractivity contribution in [1.29, 1.82) is 0 Å². The fourth-order valence-corrected chi connectivity index (χ4v) is 4.15. The van der Waals surface area contributed by atoms with Gasteiger partial charge in [0.15, 0.2) is 5.58 Å². The molecule has 1 amide bonds. The highest BCUT2D eigenvalue weighted by Gasteiger charge is 2.22. The number of carbonyl (C=O) groups is 1. The molecule has 33 heavy (non-hydrogen) atoms. The van der Waals surface area contributed by atoms with Crippen LogP contribution in [0.15, 0.2) is 59.5 Å². The number of nitrogens with one attached hydrogen (secondary N) is 1. The molecule has 5 rings (SSSR count). The lowest BCUT2D eigenvalue weighted by Gasteiger charge is -2.33. The standard InChI is InChI=1S/C24H21F2N5O2/c25-16-4-1-5-17(26)22(16)15-13-33-21-7-6-18(29-23(15)21)24(32)30-19-11-28-9-8-20(19)31-10-2-3-14(27)12-31/h1,4-9,11,13-14H,2-3,10,12,27H2,(H,30,32)/t14-/m0/s1. The van der Waals surface area contributed by atoms with E-state index in [4.69, 9.17) is 10.2 Å². The first kappa shape index (κ1) is 21.0. The number of piperidine rings is 1. The summed E-state index contributed by atoms with van der Waals surface area (Å²) in [5.41, 5.74) is 7.94. The molecule has 1 aliphatic rings. The topological polar surface area (TPSA) is 97.3 Å². The summed E-state index contributed by atoms with van der Waals surface area (Å²) in [7, 11) is 0. The molecule has 3 aromatic heterocycles. The molecule has 1 saturated heterocycles. The van der Waals surface area contributed by atoms with E-state index in [0.29, 0.717) is 17.8 Å². The molecule has 4 heterocycles. The fourth-order valence-electron chi connectivity index (χ4n) is 4.15. The zero-order chi connectivity index (χ0) is 22.9. The summed E-state index contributed by atoms with van der Waals surface area (Å²) >= 11 is 0. The van der Waals surface area contributed by atoms with Gasteiger partial charge in [-0.15, -0.1) is 0 Å². The van der Waals surface area contributed by atoms with Gasteiger partial charge in [0.2, 0.25) is 0 Å². The van der Waals surface area contributed by atoms with Gasteiger partial charge < -0.3 is 20.4 Å². The number of anilines is 2. The molecule has 3 N–H and O–H groups in total. The van der Waals surface area contributed by atoms with E-state index >= 15 is 0 Å². The molecule has 168 valence electrons. The highest BCUT2D eigenvalue weighted by Crippen LogP contribution is 2.33. The number of halogens is 2. The van der Waals surface area contributed by atoms with Crippen molar-refractivity contribution >= 4 is 28.4 Å². The van der Waals surface area contributed by atoms with E-state index in [2.05, 4.69) is 20.2 Å². The van der Waals surface area contributed by atoms with Crippen molar-refractivity contribution in [3.05, 3.63) is 72.4 Å². The Bertz CT molecular complexity index is 1320. The predicted molar refractivity (Wildman–Crippen MR) is 121 cm³/mol. The number of pyridine rings is 2. The minimum Gasteiger partial charge on any atom is -0.462 e. The van der Waals surface area contributed by atoms with Crippen molar-refractivity contribution < 1.29 is 18.0 Å². The lowest BCUT2D eigenvalue weighted by atomic mass is 10.1. The van der Waals surface area contributed by atoms with Crippen LogP contribution < -0.4 is 16.0 Å². The molecule has 0 bridgehead atoms. The zero-order valence-electron chi connectivity index (χ0n) is 17.6. The minimum atomic E-state index is -0.742. The Morgan fingerprint density at radius 2 is 2.00 bits per heavy atom. The molecular weight excluding hydrogens is 428 g/mol. The van der Waals surface area contributed by atoms with E-state index in [1.165, 1.54) is 18.4 Å². The first-order valence-corrected chi connectivity index (χ1v) is 10.6. The van der Waals surface area contributed by atoms with Gasteiger partial charge in [-0.1, -0.05) is 6.07 Å². The monoisotopic (exact) mass is 449 g/mol. The van der Waals surface area contributed by atoms with Crippen LogP contribution in [0.1, 0.15) is 23.3 Å². The molecule has 0 aliphatic carbocycles. The number of carbonyl (C=O) groups excluding carboxylic acids is 1. The average molecular weight is 449 g/mol. The number of fused-ring (bicyclic) bond motifs is 1. The van der Waals surface area contributed by atoms with E-state index in [-0.39, 0.29) is 28.4 Å².